The van der Waals surface area contributed by atoms with Crippen molar-refractivity contribution in [1.29, 1.82) is 0 Å². The van der Waals surface area contributed by atoms with Gasteiger partial charge in [-0.2, -0.15) is 0 Å². The highest BCUT2D eigenvalue weighted by Gasteiger charge is 2.26. The van der Waals surface area contributed by atoms with Gasteiger partial charge < -0.3 is 10.4 Å². The zero-order valence-electron chi connectivity index (χ0n) is 10.9. The lowest BCUT2D eigenvalue weighted by Crippen LogP contribution is -2.50. The van der Waals surface area contributed by atoms with E-state index in [4.69, 9.17) is 16.7 Å². The van der Waals surface area contributed by atoms with Crippen molar-refractivity contribution in [3.8, 4) is 0 Å². The number of halogens is 1. The molecule has 3 N–H and O–H groups in total. The van der Waals surface area contributed by atoms with Gasteiger partial charge in [0.2, 0.25) is 5.91 Å². The summed E-state index contributed by atoms with van der Waals surface area (Å²) in [5.74, 6) is -1.26. The summed E-state index contributed by atoms with van der Waals surface area (Å²) in [5, 5.41) is 14.9. The number of rotatable bonds is 6. The summed E-state index contributed by atoms with van der Waals surface area (Å²) in [4.78, 5) is 22.4. The molecule has 0 spiro atoms. The second-order valence-electron chi connectivity index (χ2n) is 4.69. The van der Waals surface area contributed by atoms with Crippen LogP contribution in [0.15, 0.2) is 24.3 Å². The zero-order valence-corrected chi connectivity index (χ0v) is 11.6. The molecule has 1 amide bonds. The maximum Gasteiger partial charge on any atom is 0.323 e. The summed E-state index contributed by atoms with van der Waals surface area (Å²) in [6.07, 6.45) is 0. The molecule has 0 saturated heterocycles. The predicted octanol–water partition coefficient (Wildman–Crippen LogP) is 1.41. The molecule has 0 fully saturated rings. The Bertz CT molecular complexity index is 457. The topological polar surface area (TPSA) is 78.4 Å². The molecule has 0 aromatic heterocycles. The highest BCUT2D eigenvalue weighted by atomic mass is 35.5. The van der Waals surface area contributed by atoms with E-state index in [-0.39, 0.29) is 12.5 Å². The SMILES string of the molecule is CC(C)(NCC(=O)NCc1ccc(Cl)cc1)C(=O)O. The van der Waals surface area contributed by atoms with E-state index in [0.29, 0.717) is 11.6 Å². The van der Waals surface area contributed by atoms with E-state index in [0.717, 1.165) is 5.56 Å². The Labute approximate surface area is 117 Å². The zero-order chi connectivity index (χ0) is 14.5. The standard InChI is InChI=1S/C13H17ClN2O3/c1-13(2,12(18)19)16-8-11(17)15-7-9-3-5-10(14)6-4-9/h3-6,16H,7-8H2,1-2H3,(H,15,17)(H,18,19). The summed E-state index contributed by atoms with van der Waals surface area (Å²) >= 11 is 5.75. The Morgan fingerprint density at radius 1 is 1.26 bits per heavy atom. The number of amides is 1. The number of hydrogen-bond acceptors (Lipinski definition) is 3. The third-order valence-electron chi connectivity index (χ3n) is 2.63. The lowest BCUT2D eigenvalue weighted by Gasteiger charge is -2.20. The molecule has 0 bridgehead atoms. The Kier molecular flexibility index (Phi) is 5.32. The quantitative estimate of drug-likeness (QED) is 0.738. The molecule has 1 aromatic rings. The van der Waals surface area contributed by atoms with Crippen molar-refractivity contribution in [3.63, 3.8) is 0 Å². The van der Waals surface area contributed by atoms with Crippen LogP contribution < -0.4 is 10.6 Å². The van der Waals surface area contributed by atoms with Crippen LogP contribution in [0.25, 0.3) is 0 Å². The Hall–Kier alpha value is -1.59. The van der Waals surface area contributed by atoms with Crippen LogP contribution in [0.3, 0.4) is 0 Å². The van der Waals surface area contributed by atoms with Gasteiger partial charge in [-0.3, -0.25) is 14.9 Å². The molecule has 0 radical (unpaired) electrons. The number of aliphatic carboxylic acids is 1. The monoisotopic (exact) mass is 284 g/mol. The molecule has 19 heavy (non-hydrogen) atoms. The van der Waals surface area contributed by atoms with Crippen LogP contribution in [-0.2, 0) is 16.1 Å². The first kappa shape index (κ1) is 15.5. The van der Waals surface area contributed by atoms with Crippen molar-refractivity contribution < 1.29 is 14.7 Å². The molecule has 5 nitrogen and oxygen atoms in total. The first-order valence-corrected chi connectivity index (χ1v) is 6.18. The van der Waals surface area contributed by atoms with Gasteiger partial charge in [0.05, 0.1) is 6.54 Å². The van der Waals surface area contributed by atoms with E-state index in [1.807, 2.05) is 12.1 Å². The van der Waals surface area contributed by atoms with Gasteiger partial charge >= 0.3 is 5.97 Å². The number of benzene rings is 1. The van der Waals surface area contributed by atoms with Gasteiger partial charge in [0.1, 0.15) is 5.54 Å². The minimum absolute atomic E-state index is 0.0487. The molecule has 104 valence electrons. The van der Waals surface area contributed by atoms with Gasteiger partial charge in [-0.1, -0.05) is 23.7 Å². The first-order valence-electron chi connectivity index (χ1n) is 5.81. The molecule has 0 aliphatic rings. The lowest BCUT2D eigenvalue weighted by molar-refractivity contribution is -0.143. The molecule has 0 atom stereocenters. The molecule has 6 heteroatoms. The number of carboxylic acid groups (broad SMARTS) is 1. The second kappa shape index (κ2) is 6.54. The third-order valence-corrected chi connectivity index (χ3v) is 2.88. The van der Waals surface area contributed by atoms with Crippen molar-refractivity contribution in [1.82, 2.24) is 10.6 Å². The van der Waals surface area contributed by atoms with Crippen molar-refractivity contribution >= 4 is 23.5 Å². The normalized spacial score (nSPS) is 11.1. The summed E-state index contributed by atoms with van der Waals surface area (Å²) < 4.78 is 0. The number of hydrogen-bond donors (Lipinski definition) is 3. The summed E-state index contributed by atoms with van der Waals surface area (Å²) in [6.45, 7) is 3.34. The molecule has 0 aliphatic heterocycles. The number of carboxylic acids is 1. The molecule has 0 aliphatic carbocycles. The van der Waals surface area contributed by atoms with E-state index in [1.165, 1.54) is 13.8 Å². The molecular formula is C13H17ClN2O3. The van der Waals surface area contributed by atoms with Gasteiger partial charge in [0, 0.05) is 11.6 Å². The maximum absolute atomic E-state index is 11.6. The van der Waals surface area contributed by atoms with Crippen LogP contribution in [0.2, 0.25) is 5.02 Å². The Balaban J connectivity index is 2.36. The van der Waals surface area contributed by atoms with Crippen molar-refractivity contribution in [2.24, 2.45) is 0 Å². The smallest absolute Gasteiger partial charge is 0.323 e. The molecule has 1 aromatic carbocycles. The fourth-order valence-corrected chi connectivity index (χ4v) is 1.37. The van der Waals surface area contributed by atoms with Crippen molar-refractivity contribution in [3.05, 3.63) is 34.9 Å². The minimum atomic E-state index is -1.13. The van der Waals surface area contributed by atoms with Crippen LogP contribution in [0, 0.1) is 0 Å². The van der Waals surface area contributed by atoms with Gasteiger partial charge in [-0.05, 0) is 31.5 Å². The van der Waals surface area contributed by atoms with E-state index in [1.54, 1.807) is 12.1 Å². The van der Waals surface area contributed by atoms with Crippen LogP contribution in [0.5, 0.6) is 0 Å². The molecule has 0 heterocycles. The van der Waals surface area contributed by atoms with E-state index in [2.05, 4.69) is 10.6 Å². The molecule has 0 saturated carbocycles. The molecular weight excluding hydrogens is 268 g/mol. The predicted molar refractivity (Wildman–Crippen MR) is 73.0 cm³/mol. The van der Waals surface area contributed by atoms with Crippen LogP contribution in [0.4, 0.5) is 0 Å². The van der Waals surface area contributed by atoms with Gasteiger partial charge in [-0.25, -0.2) is 0 Å². The van der Waals surface area contributed by atoms with Crippen molar-refractivity contribution in [2.75, 3.05) is 6.54 Å². The Morgan fingerprint density at radius 3 is 2.37 bits per heavy atom. The van der Waals surface area contributed by atoms with Gasteiger partial charge in [0.15, 0.2) is 0 Å². The average molecular weight is 285 g/mol. The first-order chi connectivity index (χ1) is 8.81. The van der Waals surface area contributed by atoms with E-state index < -0.39 is 11.5 Å². The minimum Gasteiger partial charge on any atom is -0.480 e. The Morgan fingerprint density at radius 2 is 1.84 bits per heavy atom. The van der Waals surface area contributed by atoms with Crippen LogP contribution in [-0.4, -0.2) is 29.1 Å². The summed E-state index contributed by atoms with van der Waals surface area (Å²) in [7, 11) is 0. The maximum atomic E-state index is 11.6. The van der Waals surface area contributed by atoms with Crippen LogP contribution in [0.1, 0.15) is 19.4 Å². The number of nitrogens with one attached hydrogen (secondary N) is 2. The highest BCUT2D eigenvalue weighted by molar-refractivity contribution is 6.30. The van der Waals surface area contributed by atoms with Gasteiger partial charge in [-0.15, -0.1) is 0 Å². The lowest BCUT2D eigenvalue weighted by atomic mass is 10.1. The van der Waals surface area contributed by atoms with Crippen LogP contribution >= 0.6 is 11.6 Å². The number of carbonyl (C=O) groups is 2. The van der Waals surface area contributed by atoms with Crippen molar-refractivity contribution in [2.45, 2.75) is 25.9 Å². The van der Waals surface area contributed by atoms with E-state index >= 15 is 0 Å². The fourth-order valence-electron chi connectivity index (χ4n) is 1.24. The number of carbonyl (C=O) groups excluding carboxylic acids is 1. The van der Waals surface area contributed by atoms with Gasteiger partial charge in [0.25, 0.3) is 0 Å². The average Bonchev–Trinajstić information content (AvgIpc) is 2.35. The summed E-state index contributed by atoms with van der Waals surface area (Å²) in [5.41, 5.74) is -0.201. The molecule has 1 rings (SSSR count). The highest BCUT2D eigenvalue weighted by Crippen LogP contribution is 2.09. The summed E-state index contributed by atoms with van der Waals surface area (Å²) in [6, 6.07) is 7.12. The fraction of sp³-hybridized carbons (Fsp3) is 0.385. The second-order valence-corrected chi connectivity index (χ2v) is 5.12. The van der Waals surface area contributed by atoms with E-state index in [9.17, 15) is 9.59 Å². The third kappa shape index (κ3) is 5.28. The largest absolute Gasteiger partial charge is 0.480 e. The molecule has 0 unspecified atom stereocenters.